The van der Waals surface area contributed by atoms with Crippen LogP contribution < -0.4 is 10.6 Å². The summed E-state index contributed by atoms with van der Waals surface area (Å²) in [6.45, 7) is 0.595. The van der Waals surface area contributed by atoms with Crippen LogP contribution in [0, 0.1) is 0 Å². The lowest BCUT2D eigenvalue weighted by atomic mass is 9.97. The molecule has 1 aliphatic carbocycles. The number of amides is 2. The molecule has 0 radical (unpaired) electrons. The van der Waals surface area contributed by atoms with E-state index in [9.17, 15) is 9.59 Å². The van der Waals surface area contributed by atoms with Gasteiger partial charge in [-0.3, -0.25) is 0 Å². The van der Waals surface area contributed by atoms with E-state index in [1.165, 1.54) is 25.5 Å². The van der Waals surface area contributed by atoms with Gasteiger partial charge < -0.3 is 15.4 Å². The lowest BCUT2D eigenvalue weighted by molar-refractivity contribution is 0.0602. The molecule has 0 heterocycles. The number of hydrogen-bond acceptors (Lipinski definition) is 3. The largest absolute Gasteiger partial charge is 0.465 e. The van der Waals surface area contributed by atoms with Crippen LogP contribution in [0.5, 0.6) is 0 Å². The quantitative estimate of drug-likeness (QED) is 0.646. The van der Waals surface area contributed by atoms with Crippen molar-refractivity contribution in [2.45, 2.75) is 32.1 Å². The number of benzene rings is 1. The van der Waals surface area contributed by atoms with Crippen molar-refractivity contribution < 1.29 is 14.3 Å². The Morgan fingerprint density at radius 1 is 1.23 bits per heavy atom. The van der Waals surface area contributed by atoms with Crippen LogP contribution in [0.4, 0.5) is 10.5 Å². The van der Waals surface area contributed by atoms with E-state index in [0.717, 1.165) is 19.3 Å². The number of allylic oxidation sites excluding steroid dienone is 1. The van der Waals surface area contributed by atoms with Crippen LogP contribution in [-0.4, -0.2) is 25.7 Å². The molecular formula is C17H22N2O3. The van der Waals surface area contributed by atoms with Crippen LogP contribution in [-0.2, 0) is 4.74 Å². The van der Waals surface area contributed by atoms with Gasteiger partial charge in [-0.15, -0.1) is 0 Å². The van der Waals surface area contributed by atoms with Crippen LogP contribution in [0.3, 0.4) is 0 Å². The summed E-state index contributed by atoms with van der Waals surface area (Å²) in [5, 5.41) is 5.51. The molecule has 0 saturated heterocycles. The predicted molar refractivity (Wildman–Crippen MR) is 86.0 cm³/mol. The number of urea groups is 1. The Balaban J connectivity index is 1.84. The summed E-state index contributed by atoms with van der Waals surface area (Å²) < 4.78 is 4.70. The minimum atomic E-state index is -0.469. The van der Waals surface area contributed by atoms with E-state index >= 15 is 0 Å². The van der Waals surface area contributed by atoms with Gasteiger partial charge in [0.05, 0.1) is 18.4 Å². The summed E-state index contributed by atoms with van der Waals surface area (Å²) in [5.74, 6) is -0.469. The van der Waals surface area contributed by atoms with Gasteiger partial charge in [0, 0.05) is 6.54 Å². The average molecular weight is 302 g/mol. The molecule has 1 aromatic rings. The molecule has 2 N–H and O–H groups in total. The Morgan fingerprint density at radius 3 is 2.77 bits per heavy atom. The Bertz CT molecular complexity index is 567. The highest BCUT2D eigenvalue weighted by molar-refractivity contribution is 6.00. The fraction of sp³-hybridized carbons (Fsp3) is 0.412. The second-order valence-corrected chi connectivity index (χ2v) is 5.28. The molecule has 0 fully saturated rings. The van der Waals surface area contributed by atoms with Gasteiger partial charge in [0.2, 0.25) is 0 Å². The summed E-state index contributed by atoms with van der Waals surface area (Å²) in [7, 11) is 1.32. The van der Waals surface area contributed by atoms with Crippen LogP contribution in [0.25, 0.3) is 0 Å². The van der Waals surface area contributed by atoms with Gasteiger partial charge in [0.25, 0.3) is 0 Å². The number of anilines is 1. The van der Waals surface area contributed by atoms with E-state index in [0.29, 0.717) is 17.8 Å². The number of hydrogen-bond donors (Lipinski definition) is 2. The molecule has 2 amide bonds. The number of methoxy groups -OCH3 is 1. The molecule has 5 nitrogen and oxygen atoms in total. The van der Waals surface area contributed by atoms with E-state index in [-0.39, 0.29) is 6.03 Å². The Hall–Kier alpha value is -2.30. The van der Waals surface area contributed by atoms with Crippen molar-refractivity contribution in [3.05, 3.63) is 41.5 Å². The lowest BCUT2D eigenvalue weighted by Gasteiger charge is -2.14. The number of carbonyl (C=O) groups is 2. The van der Waals surface area contributed by atoms with Gasteiger partial charge in [-0.05, 0) is 44.2 Å². The summed E-state index contributed by atoms with van der Waals surface area (Å²) in [4.78, 5) is 23.6. The van der Waals surface area contributed by atoms with E-state index < -0.39 is 5.97 Å². The maximum atomic E-state index is 11.9. The van der Waals surface area contributed by atoms with Gasteiger partial charge in [0.1, 0.15) is 0 Å². The topological polar surface area (TPSA) is 67.4 Å². The van der Waals surface area contributed by atoms with Crippen molar-refractivity contribution in [1.82, 2.24) is 5.32 Å². The molecule has 1 aliphatic rings. The number of carbonyl (C=O) groups excluding carboxylic acids is 2. The van der Waals surface area contributed by atoms with Gasteiger partial charge in [-0.25, -0.2) is 9.59 Å². The third-order valence-corrected chi connectivity index (χ3v) is 3.70. The minimum absolute atomic E-state index is 0.312. The zero-order valence-corrected chi connectivity index (χ0v) is 12.9. The maximum absolute atomic E-state index is 11.9. The summed E-state index contributed by atoms with van der Waals surface area (Å²) in [6, 6.07) is 6.47. The normalized spacial score (nSPS) is 14.0. The van der Waals surface area contributed by atoms with Crippen molar-refractivity contribution in [3.8, 4) is 0 Å². The first-order chi connectivity index (χ1) is 10.7. The summed E-state index contributed by atoms with van der Waals surface area (Å²) in [5.41, 5.74) is 2.21. The SMILES string of the molecule is COC(=O)c1ccccc1NC(=O)NCCC1=CCCCC1. The highest BCUT2D eigenvalue weighted by Crippen LogP contribution is 2.19. The first-order valence-corrected chi connectivity index (χ1v) is 7.61. The van der Waals surface area contributed by atoms with E-state index in [4.69, 9.17) is 4.74 Å². The number of nitrogens with one attached hydrogen (secondary N) is 2. The Labute approximate surface area is 130 Å². The van der Waals surface area contributed by atoms with Crippen molar-refractivity contribution in [2.24, 2.45) is 0 Å². The standard InChI is InChI=1S/C17H22N2O3/c1-22-16(20)14-9-5-6-10-15(14)19-17(21)18-12-11-13-7-3-2-4-8-13/h5-7,9-10H,2-4,8,11-12H2,1H3,(H2,18,19,21). The zero-order chi connectivity index (χ0) is 15.8. The van der Waals surface area contributed by atoms with E-state index in [1.54, 1.807) is 24.3 Å². The van der Waals surface area contributed by atoms with Crippen LogP contribution >= 0.6 is 0 Å². The van der Waals surface area contributed by atoms with Crippen molar-refractivity contribution >= 4 is 17.7 Å². The number of para-hydroxylation sites is 1. The molecule has 118 valence electrons. The van der Waals surface area contributed by atoms with Crippen LogP contribution in [0.15, 0.2) is 35.9 Å². The summed E-state index contributed by atoms with van der Waals surface area (Å²) >= 11 is 0. The maximum Gasteiger partial charge on any atom is 0.339 e. The molecule has 0 unspecified atom stereocenters. The van der Waals surface area contributed by atoms with E-state index in [2.05, 4.69) is 16.7 Å². The lowest BCUT2D eigenvalue weighted by Crippen LogP contribution is -2.30. The molecule has 1 aromatic carbocycles. The van der Waals surface area contributed by atoms with Crippen LogP contribution in [0.2, 0.25) is 0 Å². The fourth-order valence-electron chi connectivity index (χ4n) is 2.51. The molecule has 0 aromatic heterocycles. The molecule has 0 atom stereocenters. The van der Waals surface area contributed by atoms with E-state index in [1.807, 2.05) is 0 Å². The van der Waals surface area contributed by atoms with Crippen molar-refractivity contribution in [3.63, 3.8) is 0 Å². The molecule has 5 heteroatoms. The van der Waals surface area contributed by atoms with Crippen LogP contribution in [0.1, 0.15) is 42.5 Å². The van der Waals surface area contributed by atoms with Crippen molar-refractivity contribution in [2.75, 3.05) is 19.0 Å². The second-order valence-electron chi connectivity index (χ2n) is 5.28. The fourth-order valence-corrected chi connectivity index (χ4v) is 2.51. The number of ether oxygens (including phenoxy) is 1. The minimum Gasteiger partial charge on any atom is -0.465 e. The molecule has 0 spiro atoms. The molecule has 0 saturated carbocycles. The van der Waals surface area contributed by atoms with Gasteiger partial charge in [-0.1, -0.05) is 23.8 Å². The van der Waals surface area contributed by atoms with Gasteiger partial charge >= 0.3 is 12.0 Å². The van der Waals surface area contributed by atoms with Gasteiger partial charge in [-0.2, -0.15) is 0 Å². The average Bonchev–Trinajstić information content (AvgIpc) is 2.55. The first-order valence-electron chi connectivity index (χ1n) is 7.61. The molecule has 2 rings (SSSR count). The first kappa shape index (κ1) is 16.1. The second kappa shape index (κ2) is 8.22. The third kappa shape index (κ3) is 4.62. The smallest absolute Gasteiger partial charge is 0.339 e. The molecule has 0 bridgehead atoms. The Kier molecular flexibility index (Phi) is 6.01. The highest BCUT2D eigenvalue weighted by atomic mass is 16.5. The summed E-state index contributed by atoms with van der Waals surface area (Å²) in [6.07, 6.45) is 7.94. The Morgan fingerprint density at radius 2 is 2.05 bits per heavy atom. The van der Waals surface area contributed by atoms with Crippen molar-refractivity contribution in [1.29, 1.82) is 0 Å². The molecule has 0 aliphatic heterocycles. The number of esters is 1. The molecular weight excluding hydrogens is 280 g/mol. The number of rotatable bonds is 5. The molecule has 22 heavy (non-hydrogen) atoms. The zero-order valence-electron chi connectivity index (χ0n) is 12.9. The predicted octanol–water partition coefficient (Wildman–Crippen LogP) is 3.49. The monoisotopic (exact) mass is 302 g/mol. The third-order valence-electron chi connectivity index (χ3n) is 3.70. The highest BCUT2D eigenvalue weighted by Gasteiger charge is 2.13. The van der Waals surface area contributed by atoms with Gasteiger partial charge in [0.15, 0.2) is 0 Å².